The molecule has 3 aliphatic heterocycles. The van der Waals surface area contributed by atoms with E-state index in [1.165, 1.54) is 28.1 Å². The lowest BCUT2D eigenvalue weighted by molar-refractivity contribution is -0.0564. The zero-order valence-electron chi connectivity index (χ0n) is 21.9. The van der Waals surface area contributed by atoms with Gasteiger partial charge in [0.15, 0.2) is 41.3 Å². The van der Waals surface area contributed by atoms with Crippen molar-refractivity contribution < 1.29 is 46.2 Å². The van der Waals surface area contributed by atoms with Crippen molar-refractivity contribution in [2.45, 2.75) is 49.1 Å². The van der Waals surface area contributed by atoms with Gasteiger partial charge in [0.1, 0.15) is 42.4 Å². The van der Waals surface area contributed by atoms with E-state index in [0.717, 1.165) is 0 Å². The molecule has 0 spiro atoms. The van der Waals surface area contributed by atoms with Gasteiger partial charge in [0, 0.05) is 0 Å². The van der Waals surface area contributed by atoms with E-state index in [4.69, 9.17) is 39.0 Å². The third-order valence-corrected chi connectivity index (χ3v) is 9.70. The van der Waals surface area contributed by atoms with E-state index in [1.807, 2.05) is 0 Å². The number of aliphatic hydroxyl groups excluding tert-OH is 1. The second-order valence-electron chi connectivity index (χ2n) is 9.90. The number of halogens is 1. The largest absolute Gasteiger partial charge is 0.387 e. The Morgan fingerprint density at radius 2 is 1.77 bits per heavy atom. The highest BCUT2D eigenvalue weighted by Gasteiger charge is 2.52. The number of nitrogens with one attached hydrogen (secondary N) is 1. The summed E-state index contributed by atoms with van der Waals surface area (Å²) in [4.78, 5) is 34.7. The number of H-pyrrole nitrogens is 1. The van der Waals surface area contributed by atoms with Crippen LogP contribution in [0.25, 0.3) is 22.3 Å². The van der Waals surface area contributed by atoms with Gasteiger partial charge in [-0.2, -0.15) is 4.98 Å². The molecule has 44 heavy (non-hydrogen) atoms. The summed E-state index contributed by atoms with van der Waals surface area (Å²) in [6.45, 7) is -5.54. The standard InChI is InChI=1S/C20H23FN10O10P2S/c21-8-12-7(39-18(8)30-4-26-9-14(22)24-3-25-15(9)30)2-37-43(35,44)41-13-11(32)6(1-36-42(34)40-12)38-19(13)31-5-27-10-16(31)28-20(23)29-17(10)33/h3-8,11-13,18-19,32,42H,1-2H2,(H,35,44)(H2,22,24,25)(H3,23,28,29,33)/t6-,7-,8?,11?,12?,13?,18-,19-,43?/m1/s1. The fourth-order valence-electron chi connectivity index (χ4n) is 5.22. The zero-order valence-corrected chi connectivity index (χ0v) is 24.7. The van der Waals surface area contributed by atoms with Crippen LogP contribution in [0.3, 0.4) is 0 Å². The molecule has 3 aliphatic rings. The van der Waals surface area contributed by atoms with E-state index in [2.05, 4.69) is 42.2 Å². The zero-order chi connectivity index (χ0) is 30.9. The summed E-state index contributed by atoms with van der Waals surface area (Å²) in [5.74, 6) is -0.167. The molecule has 0 amide bonds. The minimum absolute atomic E-state index is 0.0344. The summed E-state index contributed by atoms with van der Waals surface area (Å²) in [5.41, 5.74) is 11.1. The van der Waals surface area contributed by atoms with E-state index in [-0.39, 0.29) is 34.1 Å². The topological polar surface area (TPSA) is 269 Å². The fourth-order valence-corrected chi connectivity index (χ4v) is 7.55. The summed E-state index contributed by atoms with van der Waals surface area (Å²) >= 11 is 4.04. The van der Waals surface area contributed by atoms with E-state index in [9.17, 15) is 19.0 Å². The van der Waals surface area contributed by atoms with Crippen molar-refractivity contribution >= 4 is 61.4 Å². The van der Waals surface area contributed by atoms with Gasteiger partial charge in [-0.05, 0) is 0 Å². The second-order valence-corrected chi connectivity index (χ2v) is 13.8. The summed E-state index contributed by atoms with van der Waals surface area (Å²) in [7, 11) is -3.46. The maximum absolute atomic E-state index is 15.9. The van der Waals surface area contributed by atoms with Gasteiger partial charge >= 0.3 is 15.1 Å². The number of nitrogens with zero attached hydrogens (tertiary/aromatic N) is 7. The number of aliphatic hydroxyl groups is 1. The van der Waals surface area contributed by atoms with Crippen LogP contribution < -0.4 is 17.0 Å². The first-order valence-corrected chi connectivity index (χ1v) is 16.7. The lowest BCUT2D eigenvalue weighted by Crippen LogP contribution is -2.35. The average Bonchev–Trinajstić information content (AvgIpc) is 3.72. The first kappa shape index (κ1) is 29.7. The molecular weight excluding hydrogens is 653 g/mol. The molecule has 10 atom stereocenters. The molecule has 7 rings (SSSR count). The predicted octanol–water partition coefficient (Wildman–Crippen LogP) is -0.138. The number of nitrogen functional groups attached to an aromatic ring is 2. The number of imidazole rings is 2. The van der Waals surface area contributed by atoms with Crippen LogP contribution >= 0.6 is 27.3 Å². The molecule has 236 valence electrons. The molecule has 3 saturated heterocycles. The predicted molar refractivity (Wildman–Crippen MR) is 148 cm³/mol. The van der Waals surface area contributed by atoms with Crippen molar-refractivity contribution in [3.63, 3.8) is 0 Å². The molecule has 4 aromatic rings. The van der Waals surface area contributed by atoms with Gasteiger partial charge in [-0.3, -0.25) is 32.5 Å². The molecule has 24 heteroatoms. The fraction of sp³-hybridized carbons (Fsp3) is 0.500. The third-order valence-electron chi connectivity index (χ3n) is 7.22. The maximum atomic E-state index is 15.9. The van der Waals surface area contributed by atoms with Crippen molar-refractivity contribution in [3.8, 4) is 0 Å². The number of aromatic nitrogens is 8. The van der Waals surface area contributed by atoms with Gasteiger partial charge in [0.2, 0.25) is 5.95 Å². The smallest absolute Gasteiger partial charge is 0.386 e. The summed E-state index contributed by atoms with van der Waals surface area (Å²) in [6, 6.07) is 0. The summed E-state index contributed by atoms with van der Waals surface area (Å²) in [5, 5.41) is 11.1. The van der Waals surface area contributed by atoms with Crippen molar-refractivity contribution in [2.24, 2.45) is 0 Å². The highest BCUT2D eigenvalue weighted by molar-refractivity contribution is 8.44. The second kappa shape index (κ2) is 11.1. The minimum Gasteiger partial charge on any atom is -0.387 e. The van der Waals surface area contributed by atoms with Crippen molar-refractivity contribution in [1.82, 2.24) is 39.0 Å². The Balaban J connectivity index is 1.18. The number of fused-ring (bicyclic) bond motifs is 5. The number of aromatic amines is 1. The SMILES string of the molecule is Nc1nc2c(ncn2[C@@H]2O[C@@H]3CO[PH](=O)OC4C(F)[C@H](n5cnc6c(N)ncnc65)O[C@@H]4COP(=O)(S)OC2C3O)c(=O)[nH]1. The lowest BCUT2D eigenvalue weighted by Gasteiger charge is -2.25. The Bertz CT molecular complexity index is 1880. The van der Waals surface area contributed by atoms with Gasteiger partial charge < -0.3 is 35.1 Å². The molecule has 0 aromatic carbocycles. The molecule has 4 aromatic heterocycles. The number of ether oxygens (including phenoxy) is 2. The van der Waals surface area contributed by atoms with Crippen molar-refractivity contribution in [3.05, 3.63) is 29.3 Å². The maximum Gasteiger partial charge on any atom is 0.386 e. The van der Waals surface area contributed by atoms with Crippen LogP contribution in [-0.4, -0.2) is 94.0 Å². The van der Waals surface area contributed by atoms with E-state index in [0.29, 0.717) is 0 Å². The van der Waals surface area contributed by atoms with Gasteiger partial charge in [-0.1, -0.05) is 12.2 Å². The monoisotopic (exact) mass is 676 g/mol. The Morgan fingerprint density at radius 3 is 2.57 bits per heavy atom. The minimum atomic E-state index is -4.38. The number of hydrogen-bond donors (Lipinski definition) is 5. The Morgan fingerprint density at radius 1 is 1.05 bits per heavy atom. The van der Waals surface area contributed by atoms with Gasteiger partial charge in [0.05, 0.1) is 25.9 Å². The molecule has 7 heterocycles. The molecule has 0 aliphatic carbocycles. The van der Waals surface area contributed by atoms with E-state index >= 15 is 4.39 Å². The number of alkyl halides is 1. The number of thiol groups is 1. The van der Waals surface area contributed by atoms with Crippen LogP contribution in [-0.2, 0) is 36.7 Å². The molecule has 0 saturated carbocycles. The summed E-state index contributed by atoms with van der Waals surface area (Å²) < 4.78 is 78.3. The van der Waals surface area contributed by atoms with E-state index < -0.39 is 83.0 Å². The Labute approximate surface area is 249 Å². The Hall–Kier alpha value is -3.04. The van der Waals surface area contributed by atoms with E-state index in [1.54, 1.807) is 0 Å². The molecule has 6 N–H and O–H groups in total. The third kappa shape index (κ3) is 5.10. The molecule has 2 bridgehead atoms. The molecule has 20 nitrogen and oxygen atoms in total. The summed E-state index contributed by atoms with van der Waals surface area (Å²) in [6.07, 6.45) is -8.23. The van der Waals surface area contributed by atoms with Crippen LogP contribution in [0.4, 0.5) is 16.2 Å². The van der Waals surface area contributed by atoms with Gasteiger partial charge in [-0.15, -0.1) is 0 Å². The van der Waals surface area contributed by atoms with Crippen LogP contribution in [0, 0.1) is 0 Å². The first-order valence-electron chi connectivity index (χ1n) is 12.8. The first-order chi connectivity index (χ1) is 21.0. The molecule has 6 unspecified atom stereocenters. The van der Waals surface area contributed by atoms with Crippen molar-refractivity contribution in [1.29, 1.82) is 0 Å². The Kier molecular flexibility index (Phi) is 7.47. The highest BCUT2D eigenvalue weighted by Crippen LogP contribution is 2.57. The van der Waals surface area contributed by atoms with Gasteiger partial charge in [0.25, 0.3) is 5.56 Å². The van der Waals surface area contributed by atoms with Crippen LogP contribution in [0.2, 0.25) is 0 Å². The normalized spacial score (nSPS) is 36.6. The molecule has 3 fully saturated rings. The quantitative estimate of drug-likeness (QED) is 0.137. The van der Waals surface area contributed by atoms with Crippen molar-refractivity contribution in [2.75, 3.05) is 24.7 Å². The lowest BCUT2D eigenvalue weighted by atomic mass is 10.1. The van der Waals surface area contributed by atoms with Gasteiger partial charge in [-0.25, -0.2) is 28.9 Å². The molecular formula is C20H23FN10O10P2S. The number of anilines is 2. The van der Waals surface area contributed by atoms with Crippen LogP contribution in [0.5, 0.6) is 0 Å². The van der Waals surface area contributed by atoms with Crippen LogP contribution in [0.1, 0.15) is 12.5 Å². The number of rotatable bonds is 2. The number of nitrogens with two attached hydrogens (primary N) is 2. The molecule has 0 radical (unpaired) electrons. The highest BCUT2D eigenvalue weighted by atomic mass is 32.7. The van der Waals surface area contributed by atoms with Crippen LogP contribution in [0.15, 0.2) is 23.8 Å². The number of hydrogen-bond acceptors (Lipinski definition) is 17. The average molecular weight is 676 g/mol.